The minimum absolute atomic E-state index is 0. The van der Waals surface area contributed by atoms with Crippen LogP contribution < -0.4 is 62.9 Å². The quantitative estimate of drug-likeness (QED) is 0.0798. The molecule has 0 saturated carbocycles. The van der Waals surface area contributed by atoms with Gasteiger partial charge in [-0.05, 0) is 6.42 Å². The van der Waals surface area contributed by atoms with E-state index >= 15 is 0 Å². The molecule has 10 N–H and O–H groups in total. The van der Waals surface area contributed by atoms with Crippen molar-refractivity contribution in [2.75, 3.05) is 18.9 Å². The van der Waals surface area contributed by atoms with E-state index in [1.807, 2.05) is 0 Å². The van der Waals surface area contributed by atoms with Crippen LogP contribution in [0.2, 0.25) is 0 Å². The molecule has 2 aromatic heterocycles. The number of rotatable bonds is 11. The minimum atomic E-state index is -5.37. The molecule has 3 aliphatic rings. The Bertz CT molecular complexity index is 1570. The van der Waals surface area contributed by atoms with Crippen LogP contribution in [-0.2, 0) is 36.8 Å². The fourth-order valence-corrected chi connectivity index (χ4v) is 6.77. The molecule has 5 rings (SSSR count). The summed E-state index contributed by atoms with van der Waals surface area (Å²) in [5, 5.41) is 41.6. The summed E-state index contributed by atoms with van der Waals surface area (Å²) < 4.78 is 50.8. The van der Waals surface area contributed by atoms with E-state index in [2.05, 4.69) is 19.3 Å². The second-order valence-corrected chi connectivity index (χ2v) is 12.9. The fourth-order valence-electron chi connectivity index (χ4n) is 4.68. The molecule has 2 fully saturated rings. The number of hydrogen-bond acceptors (Lipinski definition) is 17. The van der Waals surface area contributed by atoms with E-state index in [1.54, 1.807) is 6.08 Å². The third-order valence-corrected chi connectivity index (χ3v) is 9.48. The van der Waals surface area contributed by atoms with Gasteiger partial charge in [-0.25, -0.2) is 24.1 Å². The van der Waals surface area contributed by atoms with Crippen molar-refractivity contribution in [2.45, 2.75) is 55.5 Å². The first kappa shape index (κ1) is 36.6. The van der Waals surface area contributed by atoms with E-state index in [-0.39, 0.29) is 81.8 Å². The first-order valence-corrected chi connectivity index (χ1v) is 15.7. The van der Waals surface area contributed by atoms with E-state index in [4.69, 9.17) is 30.0 Å². The number of nitrogen functional groups attached to an aromatic ring is 1. The zero-order chi connectivity index (χ0) is 32.0. The van der Waals surface area contributed by atoms with Gasteiger partial charge in [0.1, 0.15) is 48.5 Å². The number of ether oxygens (including phenoxy) is 2. The van der Waals surface area contributed by atoms with Crippen molar-refractivity contribution in [3.8, 4) is 0 Å². The molecule has 0 aromatic carbocycles. The number of allylic oxidation sites excluding steroid dienone is 1. The monoisotopic (exact) mass is 705 g/mol. The summed E-state index contributed by atoms with van der Waals surface area (Å²) in [6, 6.07) is 0. The maximum atomic E-state index is 12.4. The second kappa shape index (κ2) is 14.5. The summed E-state index contributed by atoms with van der Waals surface area (Å²) in [6.45, 7) is -1.79. The van der Waals surface area contributed by atoms with Gasteiger partial charge < -0.3 is 57.5 Å². The van der Waals surface area contributed by atoms with Crippen LogP contribution in [0.4, 0.5) is 5.82 Å². The number of primary amides is 1. The molecule has 10 unspecified atom stereocenters. The first-order chi connectivity index (χ1) is 20.7. The van der Waals surface area contributed by atoms with Crippen LogP contribution in [0.3, 0.4) is 0 Å². The van der Waals surface area contributed by atoms with Crippen molar-refractivity contribution in [1.29, 1.82) is 0 Å². The van der Waals surface area contributed by atoms with E-state index in [0.29, 0.717) is 0 Å². The predicted octanol–water partition coefficient (Wildman–Crippen LogP) is -5.57. The summed E-state index contributed by atoms with van der Waals surface area (Å²) in [4.78, 5) is 44.6. The van der Waals surface area contributed by atoms with Gasteiger partial charge in [0.05, 0.1) is 19.5 Å². The van der Waals surface area contributed by atoms with Crippen molar-refractivity contribution in [2.24, 2.45) is 5.73 Å². The normalized spacial score (nSPS) is 32.6. The molecule has 5 heterocycles. The third kappa shape index (κ3) is 8.08. The summed E-state index contributed by atoms with van der Waals surface area (Å²) in [7, 11) is -10.7. The molecule has 3 aliphatic heterocycles. The maximum absolute atomic E-state index is 12.4. The number of aromatic nitrogens is 4. The molecule has 0 radical (unpaired) electrons. The largest absolute Gasteiger partial charge is 1.00 e. The number of carbonyl (C=O) groups excluding carboxylic acids is 1. The van der Waals surface area contributed by atoms with Crippen molar-refractivity contribution in [3.05, 3.63) is 36.7 Å². The van der Waals surface area contributed by atoms with Gasteiger partial charge in [0, 0.05) is 18.0 Å². The van der Waals surface area contributed by atoms with Gasteiger partial charge in [0.2, 0.25) is 5.91 Å². The SMILES string of the molecule is NC(=O)C1=CN(C2OC(COP(=O)(O)OP(=O)(O)OCC3OC(n4cnc5c(N)ncnc54)C(O)C3O)C(O)C2O)C=CC1.[H-].[K+]. The number of fused-ring (bicyclic) bond motifs is 1. The number of imidazole rings is 1. The number of aliphatic hydroxyl groups excluding tert-OH is 4. The zero-order valence-electron chi connectivity index (χ0n) is 24.4. The minimum Gasteiger partial charge on any atom is -1.00 e. The molecule has 10 atom stereocenters. The molecule has 244 valence electrons. The number of nitrogens with two attached hydrogens (primary N) is 2. The van der Waals surface area contributed by atoms with Gasteiger partial charge >= 0.3 is 67.0 Å². The first-order valence-electron chi connectivity index (χ1n) is 12.7. The third-order valence-electron chi connectivity index (χ3n) is 6.88. The van der Waals surface area contributed by atoms with Crippen LogP contribution in [-0.4, -0.2) is 117 Å². The Hall–Kier alpha value is -1.24. The maximum Gasteiger partial charge on any atom is 1.00 e. The molecule has 24 heteroatoms. The number of aliphatic hydroxyl groups is 4. The van der Waals surface area contributed by atoms with Gasteiger partial charge in [0.25, 0.3) is 0 Å². The van der Waals surface area contributed by atoms with Crippen molar-refractivity contribution < 1.29 is 120 Å². The van der Waals surface area contributed by atoms with E-state index in [9.17, 15) is 44.1 Å². The molecule has 2 aromatic rings. The van der Waals surface area contributed by atoms with Crippen molar-refractivity contribution in [1.82, 2.24) is 24.4 Å². The number of phosphoric ester groups is 2. The summed E-state index contributed by atoms with van der Waals surface area (Å²) in [6.07, 6.45) is -4.88. The molecule has 45 heavy (non-hydrogen) atoms. The van der Waals surface area contributed by atoms with Crippen LogP contribution in [0.1, 0.15) is 14.1 Å². The molecule has 2 saturated heterocycles. The smallest absolute Gasteiger partial charge is 1.00 e. The second-order valence-electron chi connectivity index (χ2n) is 9.84. The Morgan fingerprint density at radius 3 is 2.16 bits per heavy atom. The zero-order valence-corrected chi connectivity index (χ0v) is 28.3. The molecular formula is C21H30KN7O14P2. The van der Waals surface area contributed by atoms with Crippen LogP contribution in [0.15, 0.2) is 36.7 Å². The number of phosphoric acid groups is 2. The molecular weight excluding hydrogens is 675 g/mol. The van der Waals surface area contributed by atoms with E-state index in [0.717, 1.165) is 6.33 Å². The Kier molecular flexibility index (Phi) is 11.8. The summed E-state index contributed by atoms with van der Waals surface area (Å²) in [5.74, 6) is -0.658. The van der Waals surface area contributed by atoms with Crippen LogP contribution in [0, 0.1) is 0 Å². The number of anilines is 1. The molecule has 21 nitrogen and oxygen atoms in total. The summed E-state index contributed by atoms with van der Waals surface area (Å²) >= 11 is 0. The summed E-state index contributed by atoms with van der Waals surface area (Å²) in [5.41, 5.74) is 11.6. The standard InChI is InChI=1S/C21H29N7O14P2.K.H/c22-17-12-19(25-7-24-17)28(8-26-12)21-16(32)14(30)11(41-21)6-39-44(36,37)42-43(34,35)38-5-10-13(29)15(31)20(40-10)27-3-1-2-9(4-27)18(23)33;;/h1,3-4,7-8,10-11,13-16,20-21,29-32H,2,5-6H2,(H2,23,33)(H,34,35)(H,36,37)(H2,22,24,25);;/q;+1;-1. The van der Waals surface area contributed by atoms with Gasteiger partial charge in [-0.15, -0.1) is 0 Å². The Balaban J connectivity index is 0.00000288. The Labute approximate surface area is 297 Å². The fraction of sp³-hybridized carbons (Fsp3) is 0.524. The molecule has 1 amide bonds. The predicted molar refractivity (Wildman–Crippen MR) is 143 cm³/mol. The van der Waals surface area contributed by atoms with Crippen molar-refractivity contribution in [3.63, 3.8) is 0 Å². The number of carbonyl (C=O) groups is 1. The average molecular weight is 706 g/mol. The van der Waals surface area contributed by atoms with Crippen LogP contribution in [0.5, 0.6) is 0 Å². The van der Waals surface area contributed by atoms with Gasteiger partial charge in [-0.1, -0.05) is 6.08 Å². The van der Waals surface area contributed by atoms with Crippen LogP contribution >= 0.6 is 15.6 Å². The van der Waals surface area contributed by atoms with E-state index in [1.165, 1.54) is 28.2 Å². The molecule has 0 bridgehead atoms. The van der Waals surface area contributed by atoms with Gasteiger partial charge in [-0.3, -0.25) is 18.4 Å². The Morgan fingerprint density at radius 1 is 0.978 bits per heavy atom. The van der Waals surface area contributed by atoms with Gasteiger partial charge in [0.15, 0.2) is 23.9 Å². The number of amides is 1. The number of hydrogen-bond donors (Lipinski definition) is 8. The topological polar surface area (TPSA) is 318 Å². The van der Waals surface area contributed by atoms with Gasteiger partial charge in [-0.2, -0.15) is 4.31 Å². The van der Waals surface area contributed by atoms with E-state index < -0.39 is 83.8 Å². The molecule has 0 spiro atoms. The van der Waals surface area contributed by atoms with Crippen molar-refractivity contribution >= 4 is 38.5 Å². The Morgan fingerprint density at radius 2 is 1.56 bits per heavy atom. The van der Waals surface area contributed by atoms with Crippen LogP contribution in [0.25, 0.3) is 11.2 Å². The average Bonchev–Trinajstić information content (AvgIpc) is 3.61. The number of nitrogens with zero attached hydrogens (tertiary/aromatic N) is 5. The molecule has 0 aliphatic carbocycles.